The van der Waals surface area contributed by atoms with Crippen molar-refractivity contribution in [1.82, 2.24) is 10.2 Å². The summed E-state index contributed by atoms with van der Waals surface area (Å²) in [4.78, 5) is 51.7. The molecule has 0 radical (unpaired) electrons. The molecule has 0 aliphatic carbocycles. The third-order valence-electron chi connectivity index (χ3n) is 4.56. The van der Waals surface area contributed by atoms with Gasteiger partial charge in [0.25, 0.3) is 11.8 Å². The van der Waals surface area contributed by atoms with Gasteiger partial charge in [-0.2, -0.15) is 0 Å². The van der Waals surface area contributed by atoms with E-state index in [9.17, 15) is 19.2 Å². The molecular formula is C22H16N2O4S. The molecule has 2 aromatic carbocycles. The summed E-state index contributed by atoms with van der Waals surface area (Å²) >= 11 is 1.30. The lowest BCUT2D eigenvalue weighted by Crippen LogP contribution is -2.40. The van der Waals surface area contributed by atoms with Crippen molar-refractivity contribution in [2.45, 2.75) is 6.54 Å². The molecule has 0 fully saturated rings. The molecule has 3 amide bonds. The second kappa shape index (κ2) is 7.81. The van der Waals surface area contributed by atoms with Crippen LogP contribution in [0, 0.1) is 0 Å². The van der Waals surface area contributed by atoms with Crippen LogP contribution >= 0.6 is 11.3 Å². The highest BCUT2D eigenvalue weighted by Crippen LogP contribution is 2.22. The molecule has 0 bridgehead atoms. The highest BCUT2D eigenvalue weighted by Gasteiger charge is 2.36. The molecule has 0 saturated heterocycles. The van der Waals surface area contributed by atoms with Crippen LogP contribution < -0.4 is 5.32 Å². The van der Waals surface area contributed by atoms with E-state index in [1.165, 1.54) is 11.3 Å². The molecule has 4 rings (SSSR count). The maximum Gasteiger partial charge on any atom is 0.262 e. The van der Waals surface area contributed by atoms with E-state index in [0.717, 1.165) is 9.78 Å². The third kappa shape index (κ3) is 3.72. The van der Waals surface area contributed by atoms with E-state index in [1.807, 2.05) is 6.07 Å². The summed E-state index contributed by atoms with van der Waals surface area (Å²) in [6.07, 6.45) is 0. The van der Waals surface area contributed by atoms with Crippen molar-refractivity contribution in [3.05, 3.63) is 93.2 Å². The zero-order chi connectivity index (χ0) is 20.4. The average Bonchev–Trinajstić information content (AvgIpc) is 3.32. The Hall–Kier alpha value is -3.58. The number of thiophene rings is 1. The summed E-state index contributed by atoms with van der Waals surface area (Å²) in [5.41, 5.74) is 1.23. The lowest BCUT2D eigenvalue weighted by Gasteiger charge is -2.13. The van der Waals surface area contributed by atoms with Crippen molar-refractivity contribution >= 4 is 34.8 Å². The Morgan fingerprint density at radius 1 is 0.828 bits per heavy atom. The molecule has 1 aliphatic heterocycles. The molecule has 29 heavy (non-hydrogen) atoms. The number of ketones is 1. The first-order chi connectivity index (χ1) is 14.0. The second-order valence-electron chi connectivity index (χ2n) is 6.48. The lowest BCUT2D eigenvalue weighted by molar-refractivity contribution is -0.121. The fourth-order valence-corrected chi connectivity index (χ4v) is 4.00. The number of amides is 3. The van der Waals surface area contributed by atoms with Gasteiger partial charge in [-0.15, -0.1) is 11.3 Å². The number of nitrogens with one attached hydrogen (secondary N) is 1. The fourth-order valence-electron chi connectivity index (χ4n) is 3.09. The van der Waals surface area contributed by atoms with Gasteiger partial charge in [0.15, 0.2) is 0 Å². The van der Waals surface area contributed by atoms with Crippen molar-refractivity contribution in [2.75, 3.05) is 6.54 Å². The number of carbonyl (C=O) groups excluding carboxylic acids is 4. The predicted molar refractivity (Wildman–Crippen MR) is 108 cm³/mol. The largest absolute Gasteiger partial charge is 0.350 e. The molecule has 6 nitrogen and oxygen atoms in total. The van der Waals surface area contributed by atoms with Gasteiger partial charge in [0, 0.05) is 10.4 Å². The Bertz CT molecular complexity index is 1090. The minimum Gasteiger partial charge on any atom is -0.350 e. The van der Waals surface area contributed by atoms with Crippen LogP contribution in [0.25, 0.3) is 0 Å². The van der Waals surface area contributed by atoms with Gasteiger partial charge in [-0.25, -0.2) is 0 Å². The minimum absolute atomic E-state index is 0.0702. The van der Waals surface area contributed by atoms with Gasteiger partial charge in [-0.05, 0) is 24.3 Å². The first-order valence-electron chi connectivity index (χ1n) is 8.95. The van der Waals surface area contributed by atoms with E-state index in [4.69, 9.17) is 0 Å². The summed E-state index contributed by atoms with van der Waals surface area (Å²) in [6.45, 7) is -0.123. The van der Waals surface area contributed by atoms with Gasteiger partial charge < -0.3 is 5.32 Å². The number of fused-ring (bicyclic) bond motifs is 1. The van der Waals surface area contributed by atoms with Gasteiger partial charge in [-0.1, -0.05) is 42.5 Å². The Balaban J connectivity index is 1.35. The van der Waals surface area contributed by atoms with E-state index in [1.54, 1.807) is 60.7 Å². The van der Waals surface area contributed by atoms with E-state index < -0.39 is 17.7 Å². The summed E-state index contributed by atoms with van der Waals surface area (Å²) in [5, 5.41) is 2.70. The van der Waals surface area contributed by atoms with Crippen LogP contribution in [0.4, 0.5) is 0 Å². The fraction of sp³-hybridized carbons (Fsp3) is 0.0909. The number of benzene rings is 2. The molecule has 0 saturated carbocycles. The first kappa shape index (κ1) is 18.8. The molecular weight excluding hydrogens is 388 g/mol. The number of hydrogen-bond donors (Lipinski definition) is 1. The molecule has 144 valence electrons. The van der Waals surface area contributed by atoms with Gasteiger partial charge in [0.2, 0.25) is 11.7 Å². The topological polar surface area (TPSA) is 83.6 Å². The smallest absolute Gasteiger partial charge is 0.262 e. The summed E-state index contributed by atoms with van der Waals surface area (Å²) in [7, 11) is 0. The molecule has 0 unspecified atom stereocenters. The average molecular weight is 404 g/mol. The van der Waals surface area contributed by atoms with Crippen LogP contribution in [-0.4, -0.2) is 34.9 Å². The van der Waals surface area contributed by atoms with Crippen LogP contribution in [0.5, 0.6) is 0 Å². The highest BCUT2D eigenvalue weighted by atomic mass is 32.1. The van der Waals surface area contributed by atoms with Gasteiger partial charge in [-0.3, -0.25) is 24.1 Å². The molecule has 3 aromatic rings. The lowest BCUT2D eigenvalue weighted by atomic mass is 10.1. The van der Waals surface area contributed by atoms with E-state index in [-0.39, 0.29) is 18.9 Å². The predicted octanol–water partition coefficient (Wildman–Crippen LogP) is 2.89. The summed E-state index contributed by atoms with van der Waals surface area (Å²) < 4.78 is 0. The highest BCUT2D eigenvalue weighted by molar-refractivity contribution is 7.14. The Morgan fingerprint density at radius 3 is 2.10 bits per heavy atom. The Morgan fingerprint density at radius 2 is 1.45 bits per heavy atom. The van der Waals surface area contributed by atoms with Crippen LogP contribution in [0.1, 0.15) is 40.8 Å². The Labute approximate surface area is 170 Å². The molecule has 2 heterocycles. The number of imide groups is 1. The van der Waals surface area contributed by atoms with Crippen molar-refractivity contribution < 1.29 is 19.2 Å². The monoisotopic (exact) mass is 404 g/mol. The quantitative estimate of drug-likeness (QED) is 0.506. The molecule has 0 atom stereocenters. The van der Waals surface area contributed by atoms with E-state index in [0.29, 0.717) is 21.6 Å². The summed E-state index contributed by atoms with van der Waals surface area (Å²) in [6, 6.07) is 19.0. The van der Waals surface area contributed by atoms with Crippen LogP contribution in [0.2, 0.25) is 0 Å². The zero-order valence-corrected chi connectivity index (χ0v) is 16.1. The normalized spacial score (nSPS) is 12.8. The van der Waals surface area contributed by atoms with Crippen molar-refractivity contribution in [1.29, 1.82) is 0 Å². The van der Waals surface area contributed by atoms with Gasteiger partial charge in [0.1, 0.15) is 6.54 Å². The first-order valence-corrected chi connectivity index (χ1v) is 9.76. The van der Waals surface area contributed by atoms with Crippen LogP contribution in [0.15, 0.2) is 66.7 Å². The van der Waals surface area contributed by atoms with E-state index in [2.05, 4.69) is 5.32 Å². The standard InChI is InChI=1S/C22H16N2O4S/c25-19(13-24-21(27)16-8-4-5-9-17(16)22(24)28)23-12-15-10-11-18(29-15)20(26)14-6-2-1-3-7-14/h1-11H,12-13H2,(H,23,25). The van der Waals surface area contributed by atoms with Crippen molar-refractivity contribution in [3.8, 4) is 0 Å². The minimum atomic E-state index is -0.465. The van der Waals surface area contributed by atoms with Crippen LogP contribution in [-0.2, 0) is 11.3 Å². The maximum atomic E-state index is 12.4. The van der Waals surface area contributed by atoms with Crippen molar-refractivity contribution in [2.24, 2.45) is 0 Å². The number of hydrogen-bond acceptors (Lipinski definition) is 5. The SMILES string of the molecule is O=C(CN1C(=O)c2ccccc2C1=O)NCc1ccc(C(=O)c2ccccc2)s1. The molecule has 1 N–H and O–H groups in total. The van der Waals surface area contributed by atoms with Crippen molar-refractivity contribution in [3.63, 3.8) is 0 Å². The van der Waals surface area contributed by atoms with Crippen LogP contribution in [0.3, 0.4) is 0 Å². The number of carbonyl (C=O) groups is 4. The molecule has 7 heteroatoms. The number of rotatable bonds is 6. The van der Waals surface area contributed by atoms with Gasteiger partial charge in [0.05, 0.1) is 22.5 Å². The summed E-state index contributed by atoms with van der Waals surface area (Å²) in [5.74, 6) is -1.44. The maximum absolute atomic E-state index is 12.4. The van der Waals surface area contributed by atoms with Gasteiger partial charge >= 0.3 is 0 Å². The third-order valence-corrected chi connectivity index (χ3v) is 5.65. The zero-order valence-electron chi connectivity index (χ0n) is 15.3. The molecule has 0 spiro atoms. The molecule has 1 aromatic heterocycles. The van der Waals surface area contributed by atoms with E-state index >= 15 is 0 Å². The number of nitrogens with zero attached hydrogens (tertiary/aromatic N) is 1. The Kier molecular flexibility index (Phi) is 5.05. The molecule has 1 aliphatic rings. The second-order valence-corrected chi connectivity index (χ2v) is 7.65.